The molecule has 0 saturated carbocycles. The third-order valence-electron chi connectivity index (χ3n) is 7.90. The molecule has 1 fully saturated rings. The molecule has 1 aliphatic heterocycles. The molecule has 0 spiro atoms. The van der Waals surface area contributed by atoms with E-state index in [0.29, 0.717) is 0 Å². The minimum atomic E-state index is -0.422. The van der Waals surface area contributed by atoms with Crippen molar-refractivity contribution in [3.05, 3.63) is 95.1 Å². The zero-order valence-electron chi connectivity index (χ0n) is 20.4. The third-order valence-corrected chi connectivity index (χ3v) is 7.90. The van der Waals surface area contributed by atoms with Gasteiger partial charge in [0.15, 0.2) is 11.5 Å². The summed E-state index contributed by atoms with van der Waals surface area (Å²) < 4.78 is 12.2. The largest absolute Gasteiger partial charge is 0.493 e. The van der Waals surface area contributed by atoms with Crippen LogP contribution in [0.3, 0.4) is 0 Å². The number of rotatable bonds is 7. The second-order valence-corrected chi connectivity index (χ2v) is 10.2. The van der Waals surface area contributed by atoms with Crippen molar-refractivity contribution in [3.63, 3.8) is 0 Å². The lowest BCUT2D eigenvalue weighted by molar-refractivity contribution is 0.0474. The van der Waals surface area contributed by atoms with Gasteiger partial charge >= 0.3 is 0 Å². The monoisotopic (exact) mass is 457 g/mol. The Kier molecular flexibility index (Phi) is 6.37. The smallest absolute Gasteiger partial charge is 0.161 e. The van der Waals surface area contributed by atoms with E-state index >= 15 is 0 Å². The Bertz CT molecular complexity index is 1100. The van der Waals surface area contributed by atoms with Crippen LogP contribution in [0.5, 0.6) is 11.5 Å². The van der Waals surface area contributed by atoms with Gasteiger partial charge in [-0.15, -0.1) is 0 Å². The molecule has 0 unspecified atom stereocenters. The zero-order chi connectivity index (χ0) is 23.7. The number of hydrogen-bond acceptors (Lipinski definition) is 4. The predicted molar refractivity (Wildman–Crippen MR) is 136 cm³/mol. The van der Waals surface area contributed by atoms with Crippen LogP contribution in [0.15, 0.2) is 72.8 Å². The number of ether oxygens (including phenoxy) is 2. The standard InChI is InChI=1S/C30H35NO3/c1-21(32)30(2)20-31(18-22-9-5-4-6-10-22)19-27(30)25-13-14-28(33-3)29(17-25)34-26-15-23-11-7-8-12-24(23)16-26/h4-14,17,21,26-27,32H,15-16,18-20H2,1-3H3/t21-,27+,30+/m1/s1. The first-order valence-electron chi connectivity index (χ1n) is 12.3. The van der Waals surface area contributed by atoms with Crippen LogP contribution in [0, 0.1) is 5.41 Å². The molecular formula is C30H35NO3. The van der Waals surface area contributed by atoms with Gasteiger partial charge in [-0.3, -0.25) is 4.90 Å². The molecule has 0 amide bonds. The summed E-state index contributed by atoms with van der Waals surface area (Å²) in [4.78, 5) is 2.46. The van der Waals surface area contributed by atoms with Crippen molar-refractivity contribution < 1.29 is 14.6 Å². The van der Waals surface area contributed by atoms with Crippen molar-refractivity contribution >= 4 is 0 Å². The van der Waals surface area contributed by atoms with Crippen LogP contribution in [0.2, 0.25) is 0 Å². The maximum absolute atomic E-state index is 10.8. The number of aliphatic hydroxyl groups excluding tert-OH is 1. The van der Waals surface area contributed by atoms with Gasteiger partial charge in [-0.2, -0.15) is 0 Å². The Morgan fingerprint density at radius 1 is 0.971 bits per heavy atom. The van der Waals surface area contributed by atoms with Crippen molar-refractivity contribution in [1.29, 1.82) is 0 Å². The molecular weight excluding hydrogens is 422 g/mol. The molecule has 3 atom stereocenters. The molecule has 178 valence electrons. The summed E-state index contributed by atoms with van der Waals surface area (Å²) in [6, 6.07) is 25.5. The normalized spacial score (nSPS) is 23.6. The molecule has 3 aromatic rings. The molecule has 0 radical (unpaired) electrons. The Morgan fingerprint density at radius 3 is 2.29 bits per heavy atom. The number of nitrogens with zero attached hydrogens (tertiary/aromatic N) is 1. The average Bonchev–Trinajstić information content (AvgIpc) is 3.40. The second kappa shape index (κ2) is 9.44. The minimum absolute atomic E-state index is 0.114. The molecule has 0 bridgehead atoms. The second-order valence-electron chi connectivity index (χ2n) is 10.2. The molecule has 1 heterocycles. The van der Waals surface area contributed by atoms with Crippen LogP contribution < -0.4 is 9.47 Å². The number of likely N-dealkylation sites (tertiary alicyclic amines) is 1. The van der Waals surface area contributed by atoms with Crippen LogP contribution in [0.25, 0.3) is 0 Å². The van der Waals surface area contributed by atoms with Crippen molar-refractivity contribution in [2.45, 2.75) is 51.4 Å². The van der Waals surface area contributed by atoms with Crippen LogP contribution in [0.4, 0.5) is 0 Å². The van der Waals surface area contributed by atoms with Crippen molar-refractivity contribution in [3.8, 4) is 11.5 Å². The van der Waals surface area contributed by atoms with Crippen molar-refractivity contribution in [1.82, 2.24) is 4.90 Å². The van der Waals surface area contributed by atoms with E-state index in [2.05, 4.69) is 78.6 Å². The van der Waals surface area contributed by atoms with Gasteiger partial charge in [0.1, 0.15) is 6.10 Å². The average molecular weight is 458 g/mol. The molecule has 1 aliphatic carbocycles. The Hall–Kier alpha value is -2.82. The van der Waals surface area contributed by atoms with Crippen LogP contribution in [0.1, 0.15) is 42.0 Å². The van der Waals surface area contributed by atoms with Crippen molar-refractivity contribution in [2.24, 2.45) is 5.41 Å². The first-order valence-corrected chi connectivity index (χ1v) is 12.3. The highest BCUT2D eigenvalue weighted by molar-refractivity contribution is 5.46. The lowest BCUT2D eigenvalue weighted by Gasteiger charge is -2.34. The van der Waals surface area contributed by atoms with Crippen LogP contribution in [-0.4, -0.2) is 42.4 Å². The molecule has 0 aromatic heterocycles. The summed E-state index contributed by atoms with van der Waals surface area (Å²) in [6.45, 7) is 6.78. The predicted octanol–water partition coefficient (Wildman–Crippen LogP) is 5.23. The summed E-state index contributed by atoms with van der Waals surface area (Å²) in [7, 11) is 1.70. The fraction of sp³-hybridized carbons (Fsp3) is 0.400. The molecule has 1 N–H and O–H groups in total. The van der Waals surface area contributed by atoms with Gasteiger partial charge in [0.05, 0.1) is 13.2 Å². The minimum Gasteiger partial charge on any atom is -0.493 e. The summed E-state index contributed by atoms with van der Waals surface area (Å²) in [5, 5.41) is 10.8. The highest BCUT2D eigenvalue weighted by atomic mass is 16.5. The number of aliphatic hydroxyl groups is 1. The van der Waals surface area contributed by atoms with E-state index in [4.69, 9.17) is 9.47 Å². The third kappa shape index (κ3) is 4.45. The number of methoxy groups -OCH3 is 1. The fourth-order valence-corrected chi connectivity index (χ4v) is 5.78. The van der Waals surface area contributed by atoms with Gasteiger partial charge in [0.25, 0.3) is 0 Å². The number of benzene rings is 3. The van der Waals surface area contributed by atoms with E-state index in [1.165, 1.54) is 22.3 Å². The Morgan fingerprint density at radius 2 is 1.65 bits per heavy atom. The molecule has 2 aliphatic rings. The van der Waals surface area contributed by atoms with Gasteiger partial charge in [0, 0.05) is 43.8 Å². The maximum atomic E-state index is 10.8. The number of hydrogen-bond donors (Lipinski definition) is 1. The molecule has 1 saturated heterocycles. The Balaban J connectivity index is 1.39. The van der Waals surface area contributed by atoms with E-state index in [1.54, 1.807) is 7.11 Å². The highest BCUT2D eigenvalue weighted by Gasteiger charge is 2.47. The molecule has 4 heteroatoms. The molecule has 5 rings (SSSR count). The summed E-state index contributed by atoms with van der Waals surface area (Å²) in [6.07, 6.45) is 1.53. The fourth-order valence-electron chi connectivity index (χ4n) is 5.78. The highest BCUT2D eigenvalue weighted by Crippen LogP contribution is 2.47. The summed E-state index contributed by atoms with van der Waals surface area (Å²) in [5.41, 5.74) is 5.00. The van der Waals surface area contributed by atoms with E-state index in [9.17, 15) is 5.11 Å². The van der Waals surface area contributed by atoms with Gasteiger partial charge in [-0.1, -0.05) is 67.6 Å². The maximum Gasteiger partial charge on any atom is 0.161 e. The van der Waals surface area contributed by atoms with Gasteiger partial charge in [0.2, 0.25) is 0 Å². The van der Waals surface area contributed by atoms with E-state index in [0.717, 1.165) is 44.0 Å². The van der Waals surface area contributed by atoms with E-state index in [-0.39, 0.29) is 17.4 Å². The first-order chi connectivity index (χ1) is 16.5. The van der Waals surface area contributed by atoms with Gasteiger partial charge < -0.3 is 14.6 Å². The van der Waals surface area contributed by atoms with Gasteiger partial charge in [-0.05, 0) is 41.3 Å². The molecule has 34 heavy (non-hydrogen) atoms. The topological polar surface area (TPSA) is 41.9 Å². The van der Waals surface area contributed by atoms with Gasteiger partial charge in [-0.25, -0.2) is 0 Å². The SMILES string of the molecule is COc1ccc([C@@H]2CN(Cc3ccccc3)C[C@@]2(C)[C@@H](C)O)cc1OC1Cc2ccccc2C1. The quantitative estimate of drug-likeness (QED) is 0.528. The number of fused-ring (bicyclic) bond motifs is 1. The zero-order valence-corrected chi connectivity index (χ0v) is 20.4. The summed E-state index contributed by atoms with van der Waals surface area (Å²) >= 11 is 0. The van der Waals surface area contributed by atoms with Crippen molar-refractivity contribution in [2.75, 3.05) is 20.2 Å². The lowest BCUT2D eigenvalue weighted by Crippen LogP contribution is -2.37. The summed E-state index contributed by atoms with van der Waals surface area (Å²) in [5.74, 6) is 1.76. The molecule has 4 nitrogen and oxygen atoms in total. The van der Waals surface area contributed by atoms with Crippen LogP contribution >= 0.6 is 0 Å². The molecule has 3 aromatic carbocycles. The Labute approximate surface area is 203 Å². The van der Waals surface area contributed by atoms with Crippen LogP contribution in [-0.2, 0) is 19.4 Å². The first kappa shape index (κ1) is 22.9. The van der Waals surface area contributed by atoms with E-state index in [1.807, 2.05) is 13.0 Å². The van der Waals surface area contributed by atoms with E-state index < -0.39 is 6.10 Å². The lowest BCUT2D eigenvalue weighted by atomic mass is 9.72.